The summed E-state index contributed by atoms with van der Waals surface area (Å²) in [5.74, 6) is 4.81. The Morgan fingerprint density at radius 3 is 2.17 bits per heavy atom. The Hall–Kier alpha value is -4.53. The summed E-state index contributed by atoms with van der Waals surface area (Å²) in [6, 6.07) is 13.9. The topological polar surface area (TPSA) is 105 Å². The molecule has 9 nitrogen and oxygen atoms in total. The fourth-order valence-corrected chi connectivity index (χ4v) is 6.04. The molecule has 47 heavy (non-hydrogen) atoms. The van der Waals surface area contributed by atoms with E-state index in [1.165, 1.54) is 56.1 Å². The summed E-state index contributed by atoms with van der Waals surface area (Å²) >= 11 is 0. The Morgan fingerprint density at radius 1 is 0.830 bits per heavy atom. The maximum atomic E-state index is 5.42. The second kappa shape index (κ2) is 13.7. The lowest BCUT2D eigenvalue weighted by molar-refractivity contribution is 0.477. The molecule has 1 aliphatic heterocycles. The first kappa shape index (κ1) is 31.1. The second-order valence-electron chi connectivity index (χ2n) is 13.9. The number of benzene rings is 2. The molecular weight excluding hydrogens is 586 g/mol. The van der Waals surface area contributed by atoms with Gasteiger partial charge in [-0.15, -0.1) is 0 Å². The molecule has 0 bridgehead atoms. The molecule has 1 N–H and O–H groups in total. The zero-order valence-corrected chi connectivity index (χ0v) is 27.9. The van der Waals surface area contributed by atoms with Crippen molar-refractivity contribution in [2.75, 3.05) is 10.2 Å². The zero-order valence-electron chi connectivity index (χ0n) is 27.9. The number of hydrogen-bond acceptors (Lipinski definition) is 9. The van der Waals surface area contributed by atoms with Crippen LogP contribution in [0.15, 0.2) is 75.4 Å². The molecule has 0 radical (unpaired) electrons. The number of oxazole rings is 2. The number of hydrogen-bond donors (Lipinski definition) is 1. The van der Waals surface area contributed by atoms with E-state index in [0.717, 1.165) is 70.4 Å². The highest BCUT2D eigenvalue weighted by atomic mass is 16.3. The first-order valence-electron chi connectivity index (χ1n) is 17.2. The van der Waals surface area contributed by atoms with Crippen molar-refractivity contribution < 1.29 is 8.83 Å². The van der Waals surface area contributed by atoms with Crippen LogP contribution in [-0.4, -0.2) is 44.4 Å². The van der Waals surface area contributed by atoms with E-state index in [9.17, 15) is 0 Å². The minimum absolute atomic E-state index is 0.300. The standard InChI is InChI=1S/C19H22N4O.C19H23N3O/c1-12(2)3-8-18-22-16-7-4-13(17-10-20-11-24-17)9-15(16)19(23-18)21-14-5-6-14;1-13(2)3-8-19-21-10-15-9-14(18-11-20-12-23-18)4-7-17(15)22(19)16-5-6-16/h4,7,9-12,14H,3,5-6,8H2,1-2H3,(H,21,22,23);4,7,9-13,16,19H,3,5-6,8H2,1-2H3. The van der Waals surface area contributed by atoms with Gasteiger partial charge in [-0.3, -0.25) is 4.99 Å². The van der Waals surface area contributed by atoms with E-state index in [-0.39, 0.29) is 0 Å². The third kappa shape index (κ3) is 7.56. The van der Waals surface area contributed by atoms with Crippen molar-refractivity contribution in [3.05, 3.63) is 73.0 Å². The van der Waals surface area contributed by atoms with Crippen LogP contribution in [0.2, 0.25) is 0 Å². The molecule has 2 aromatic carbocycles. The molecule has 4 heterocycles. The molecule has 3 aromatic heterocycles. The van der Waals surface area contributed by atoms with Gasteiger partial charge in [-0.05, 0) is 93.2 Å². The van der Waals surface area contributed by atoms with Gasteiger partial charge in [0.15, 0.2) is 24.3 Å². The van der Waals surface area contributed by atoms with Gasteiger partial charge in [-0.2, -0.15) is 0 Å². The lowest BCUT2D eigenvalue weighted by atomic mass is 10.0. The van der Waals surface area contributed by atoms with Gasteiger partial charge in [0.1, 0.15) is 17.8 Å². The second-order valence-corrected chi connectivity index (χ2v) is 13.9. The van der Waals surface area contributed by atoms with Gasteiger partial charge < -0.3 is 19.1 Å². The van der Waals surface area contributed by atoms with Crippen molar-refractivity contribution in [2.45, 2.75) is 97.3 Å². The Morgan fingerprint density at radius 2 is 1.53 bits per heavy atom. The van der Waals surface area contributed by atoms with E-state index in [0.29, 0.717) is 24.2 Å². The van der Waals surface area contributed by atoms with Crippen LogP contribution in [0.25, 0.3) is 33.6 Å². The maximum absolute atomic E-state index is 5.42. The summed E-state index contributed by atoms with van der Waals surface area (Å²) in [6.45, 7) is 9.03. The number of anilines is 2. The molecule has 3 aliphatic rings. The number of aryl methyl sites for hydroxylation is 1. The first-order valence-corrected chi connectivity index (χ1v) is 17.2. The van der Waals surface area contributed by atoms with Gasteiger partial charge in [0.05, 0.1) is 17.9 Å². The molecule has 1 unspecified atom stereocenters. The third-order valence-electron chi connectivity index (χ3n) is 8.99. The monoisotopic (exact) mass is 631 g/mol. The molecule has 0 saturated heterocycles. The molecule has 9 heteroatoms. The van der Waals surface area contributed by atoms with Crippen LogP contribution >= 0.6 is 0 Å². The average Bonchev–Trinajstić information content (AvgIpc) is 3.96. The van der Waals surface area contributed by atoms with Gasteiger partial charge in [-0.25, -0.2) is 19.9 Å². The molecule has 244 valence electrons. The Balaban J connectivity index is 0.000000150. The number of fused-ring (bicyclic) bond motifs is 2. The molecule has 2 aliphatic carbocycles. The summed E-state index contributed by atoms with van der Waals surface area (Å²) in [6.07, 6.45) is 18.1. The minimum atomic E-state index is 0.300. The molecular formula is C38H45N7O2. The summed E-state index contributed by atoms with van der Waals surface area (Å²) in [5.41, 5.74) is 5.54. The minimum Gasteiger partial charge on any atom is -0.444 e. The van der Waals surface area contributed by atoms with Gasteiger partial charge >= 0.3 is 0 Å². The van der Waals surface area contributed by atoms with Gasteiger partial charge in [0, 0.05) is 52.5 Å². The molecule has 0 amide bonds. The molecule has 1 atom stereocenters. The van der Waals surface area contributed by atoms with Crippen molar-refractivity contribution in [2.24, 2.45) is 16.8 Å². The average molecular weight is 632 g/mol. The van der Waals surface area contributed by atoms with Gasteiger partial charge in [-0.1, -0.05) is 27.7 Å². The van der Waals surface area contributed by atoms with Crippen LogP contribution in [0, 0.1) is 11.8 Å². The van der Waals surface area contributed by atoms with Crippen LogP contribution < -0.4 is 10.2 Å². The summed E-state index contributed by atoms with van der Waals surface area (Å²) in [7, 11) is 0. The summed E-state index contributed by atoms with van der Waals surface area (Å²) in [5, 5.41) is 4.61. The number of aliphatic imine (C=N–C) groups is 1. The largest absolute Gasteiger partial charge is 0.444 e. The van der Waals surface area contributed by atoms with E-state index in [2.05, 4.69) is 72.1 Å². The number of nitrogens with one attached hydrogen (secondary N) is 1. The van der Waals surface area contributed by atoms with Crippen LogP contribution in [0.4, 0.5) is 11.5 Å². The fraction of sp³-hybridized carbons (Fsp3) is 0.447. The highest BCUT2D eigenvalue weighted by molar-refractivity contribution is 5.93. The molecule has 8 rings (SSSR count). The SMILES string of the molecule is CC(C)CCC1N=Cc2cc(-c3cnco3)ccc2N1C1CC1.CC(C)CCc1nc(NC2CC2)c2cc(-c3cnco3)ccc2n1. The summed E-state index contributed by atoms with van der Waals surface area (Å²) in [4.78, 5) is 25.0. The number of nitrogens with zero attached hydrogens (tertiary/aromatic N) is 6. The van der Waals surface area contributed by atoms with E-state index < -0.39 is 0 Å². The lowest BCUT2D eigenvalue weighted by Crippen LogP contribution is -2.39. The number of rotatable bonds is 11. The van der Waals surface area contributed by atoms with E-state index in [1.54, 1.807) is 12.4 Å². The molecule has 2 saturated carbocycles. The molecule has 5 aromatic rings. The number of aromatic nitrogens is 4. The molecule has 2 fully saturated rings. The zero-order chi connectivity index (χ0) is 32.3. The predicted molar refractivity (Wildman–Crippen MR) is 188 cm³/mol. The smallest absolute Gasteiger partial charge is 0.181 e. The Labute approximate surface area is 277 Å². The summed E-state index contributed by atoms with van der Waals surface area (Å²) < 4.78 is 10.8. The van der Waals surface area contributed by atoms with E-state index in [1.807, 2.05) is 18.3 Å². The van der Waals surface area contributed by atoms with Gasteiger partial charge in [0.25, 0.3) is 0 Å². The highest BCUT2D eigenvalue weighted by Gasteiger charge is 2.36. The van der Waals surface area contributed by atoms with Crippen LogP contribution in [0.3, 0.4) is 0 Å². The van der Waals surface area contributed by atoms with Crippen LogP contribution in [0.1, 0.15) is 84.0 Å². The van der Waals surface area contributed by atoms with Crippen molar-refractivity contribution in [3.63, 3.8) is 0 Å². The van der Waals surface area contributed by atoms with Crippen molar-refractivity contribution >= 4 is 28.6 Å². The Kier molecular flexibility index (Phi) is 9.05. The highest BCUT2D eigenvalue weighted by Crippen LogP contribution is 2.40. The maximum Gasteiger partial charge on any atom is 0.181 e. The predicted octanol–water partition coefficient (Wildman–Crippen LogP) is 8.95. The van der Waals surface area contributed by atoms with E-state index >= 15 is 0 Å². The van der Waals surface area contributed by atoms with Crippen LogP contribution in [0.5, 0.6) is 0 Å². The fourth-order valence-electron chi connectivity index (χ4n) is 6.04. The molecule has 0 spiro atoms. The van der Waals surface area contributed by atoms with Crippen molar-refractivity contribution in [1.29, 1.82) is 0 Å². The Bertz CT molecular complexity index is 1810. The van der Waals surface area contributed by atoms with Crippen LogP contribution in [-0.2, 0) is 6.42 Å². The van der Waals surface area contributed by atoms with Crippen molar-refractivity contribution in [3.8, 4) is 22.6 Å². The lowest BCUT2D eigenvalue weighted by Gasteiger charge is -2.35. The van der Waals surface area contributed by atoms with E-state index in [4.69, 9.17) is 23.8 Å². The normalized spacial score (nSPS) is 17.2. The quantitative estimate of drug-likeness (QED) is 0.154. The third-order valence-corrected chi connectivity index (χ3v) is 8.99. The van der Waals surface area contributed by atoms with Gasteiger partial charge in [0.2, 0.25) is 0 Å². The first-order chi connectivity index (χ1) is 22.9. The van der Waals surface area contributed by atoms with Crippen molar-refractivity contribution in [1.82, 2.24) is 19.9 Å².